The average Bonchev–Trinajstić information content (AvgIpc) is 3.22. The molecule has 0 aliphatic heterocycles. The summed E-state index contributed by atoms with van der Waals surface area (Å²) in [5.41, 5.74) is 2.44. The van der Waals surface area contributed by atoms with Crippen molar-refractivity contribution in [1.29, 1.82) is 0 Å². The molecule has 0 bridgehead atoms. The number of hydrogen-bond acceptors (Lipinski definition) is 6. The first-order valence-corrected chi connectivity index (χ1v) is 9.79. The topological polar surface area (TPSA) is 69.6 Å². The van der Waals surface area contributed by atoms with Gasteiger partial charge in [-0.3, -0.25) is 4.57 Å². The number of rotatable bonds is 6. The summed E-state index contributed by atoms with van der Waals surface area (Å²) in [7, 11) is 0. The smallest absolute Gasteiger partial charge is 0.239 e. The Morgan fingerprint density at radius 1 is 1.22 bits per heavy atom. The van der Waals surface area contributed by atoms with Crippen LogP contribution in [0.1, 0.15) is 50.2 Å². The van der Waals surface area contributed by atoms with Crippen molar-refractivity contribution in [3.8, 4) is 11.4 Å². The van der Waals surface area contributed by atoms with E-state index >= 15 is 0 Å². The Morgan fingerprint density at radius 3 is 2.48 bits per heavy atom. The minimum absolute atomic E-state index is 0.0184. The molecule has 0 N–H and O–H groups in total. The van der Waals surface area contributed by atoms with Crippen LogP contribution in [0.3, 0.4) is 0 Å². The van der Waals surface area contributed by atoms with Gasteiger partial charge in [-0.1, -0.05) is 68.0 Å². The van der Waals surface area contributed by atoms with Crippen LogP contribution in [0.2, 0.25) is 0 Å². The quantitative estimate of drug-likeness (QED) is 0.442. The summed E-state index contributed by atoms with van der Waals surface area (Å²) in [4.78, 5) is 4.30. The number of aryl methyl sites for hydroxylation is 1. The van der Waals surface area contributed by atoms with E-state index in [4.69, 9.17) is 4.52 Å². The van der Waals surface area contributed by atoms with Gasteiger partial charge in [-0.2, -0.15) is 4.98 Å². The van der Waals surface area contributed by atoms with Gasteiger partial charge in [0.15, 0.2) is 16.8 Å². The van der Waals surface area contributed by atoms with Gasteiger partial charge in [0.2, 0.25) is 5.89 Å². The van der Waals surface area contributed by atoms with Crippen LogP contribution in [0.4, 0.5) is 0 Å². The van der Waals surface area contributed by atoms with Gasteiger partial charge in [0, 0.05) is 12.1 Å². The van der Waals surface area contributed by atoms with Gasteiger partial charge in [-0.05, 0) is 24.8 Å². The summed E-state index contributed by atoms with van der Waals surface area (Å²) in [6.45, 7) is 14.9. The SMILES string of the molecule is C=CCn1c(SC(C)c2nc(C)no2)nnc1-c1ccc(C(C)(C)C)cc1. The fourth-order valence-electron chi connectivity index (χ4n) is 2.69. The largest absolute Gasteiger partial charge is 0.338 e. The molecule has 0 saturated carbocycles. The summed E-state index contributed by atoms with van der Waals surface area (Å²) >= 11 is 1.54. The number of nitrogens with zero attached hydrogens (tertiary/aromatic N) is 5. The number of benzene rings is 1. The molecule has 27 heavy (non-hydrogen) atoms. The van der Waals surface area contributed by atoms with E-state index in [9.17, 15) is 0 Å². The van der Waals surface area contributed by atoms with Crippen LogP contribution in [0, 0.1) is 6.92 Å². The minimum atomic E-state index is -0.0184. The Balaban J connectivity index is 1.90. The van der Waals surface area contributed by atoms with E-state index in [1.165, 1.54) is 5.56 Å². The van der Waals surface area contributed by atoms with Crippen LogP contribution in [0.25, 0.3) is 11.4 Å². The summed E-state index contributed by atoms with van der Waals surface area (Å²) < 4.78 is 7.33. The highest BCUT2D eigenvalue weighted by Crippen LogP contribution is 2.35. The zero-order chi connectivity index (χ0) is 19.6. The average molecular weight is 384 g/mol. The third-order valence-electron chi connectivity index (χ3n) is 4.21. The molecule has 6 nitrogen and oxygen atoms in total. The lowest BCUT2D eigenvalue weighted by Crippen LogP contribution is -2.10. The molecule has 0 aliphatic rings. The van der Waals surface area contributed by atoms with Crippen LogP contribution in [0.15, 0.2) is 46.6 Å². The Labute approximate surface area is 164 Å². The van der Waals surface area contributed by atoms with Crippen LogP contribution >= 0.6 is 11.8 Å². The van der Waals surface area contributed by atoms with E-state index in [-0.39, 0.29) is 10.7 Å². The molecule has 0 saturated heterocycles. The highest BCUT2D eigenvalue weighted by molar-refractivity contribution is 7.99. The lowest BCUT2D eigenvalue weighted by atomic mass is 9.87. The molecule has 142 valence electrons. The van der Waals surface area contributed by atoms with Crippen molar-refractivity contribution in [2.24, 2.45) is 0 Å². The number of hydrogen-bond donors (Lipinski definition) is 0. The van der Waals surface area contributed by atoms with Crippen molar-refractivity contribution >= 4 is 11.8 Å². The van der Waals surface area contributed by atoms with Crippen molar-refractivity contribution in [1.82, 2.24) is 24.9 Å². The van der Waals surface area contributed by atoms with Crippen LogP contribution in [-0.2, 0) is 12.0 Å². The van der Waals surface area contributed by atoms with Crippen LogP contribution < -0.4 is 0 Å². The first-order chi connectivity index (χ1) is 12.8. The predicted octanol–water partition coefficient (Wildman–Crippen LogP) is 4.97. The lowest BCUT2D eigenvalue weighted by Gasteiger charge is -2.19. The molecule has 3 rings (SSSR count). The summed E-state index contributed by atoms with van der Waals surface area (Å²) in [5, 5.41) is 13.5. The Kier molecular flexibility index (Phi) is 5.51. The molecule has 0 radical (unpaired) electrons. The third-order valence-corrected chi connectivity index (χ3v) is 5.28. The lowest BCUT2D eigenvalue weighted by molar-refractivity contribution is 0.376. The molecular formula is C20H25N5OS. The first kappa shape index (κ1) is 19.4. The maximum atomic E-state index is 5.28. The van der Waals surface area contributed by atoms with Gasteiger partial charge < -0.3 is 4.52 Å². The Bertz CT molecular complexity index is 921. The Morgan fingerprint density at radius 2 is 1.93 bits per heavy atom. The Hall–Kier alpha value is -2.41. The normalized spacial score (nSPS) is 12.9. The van der Waals surface area contributed by atoms with Gasteiger partial charge in [0.1, 0.15) is 0 Å². The molecule has 7 heteroatoms. The predicted molar refractivity (Wildman–Crippen MR) is 108 cm³/mol. The second-order valence-electron chi connectivity index (χ2n) is 7.47. The second kappa shape index (κ2) is 7.68. The summed E-state index contributed by atoms with van der Waals surface area (Å²) in [6.07, 6.45) is 1.85. The molecular weight excluding hydrogens is 358 g/mol. The fraction of sp³-hybridized carbons (Fsp3) is 0.400. The van der Waals surface area contributed by atoms with Gasteiger partial charge in [-0.25, -0.2) is 0 Å². The van der Waals surface area contributed by atoms with E-state index in [1.807, 2.05) is 19.9 Å². The third kappa shape index (κ3) is 4.30. The van der Waals surface area contributed by atoms with Gasteiger partial charge in [-0.15, -0.1) is 16.8 Å². The van der Waals surface area contributed by atoms with Crippen molar-refractivity contribution in [2.75, 3.05) is 0 Å². The zero-order valence-corrected chi connectivity index (χ0v) is 17.2. The molecule has 3 aromatic rings. The molecule has 0 fully saturated rings. The van der Waals surface area contributed by atoms with E-state index in [0.717, 1.165) is 16.5 Å². The maximum absolute atomic E-state index is 5.28. The monoisotopic (exact) mass is 383 g/mol. The van der Waals surface area contributed by atoms with Gasteiger partial charge >= 0.3 is 0 Å². The first-order valence-electron chi connectivity index (χ1n) is 8.91. The molecule has 0 aliphatic carbocycles. The van der Waals surface area contributed by atoms with Gasteiger partial charge in [0.05, 0.1) is 5.25 Å². The van der Waals surface area contributed by atoms with E-state index in [2.05, 4.69) is 76.5 Å². The molecule has 0 amide bonds. The van der Waals surface area contributed by atoms with Crippen molar-refractivity contribution < 1.29 is 4.52 Å². The van der Waals surface area contributed by atoms with Crippen molar-refractivity contribution in [3.63, 3.8) is 0 Å². The summed E-state index contributed by atoms with van der Waals surface area (Å²) in [5.74, 6) is 2.04. The molecule has 1 aromatic carbocycles. The molecule has 0 spiro atoms. The van der Waals surface area contributed by atoms with Crippen molar-refractivity contribution in [3.05, 3.63) is 54.2 Å². The number of allylic oxidation sites excluding steroid dienone is 1. The van der Waals surface area contributed by atoms with E-state index in [1.54, 1.807) is 11.8 Å². The maximum Gasteiger partial charge on any atom is 0.239 e. The van der Waals surface area contributed by atoms with Crippen LogP contribution in [0.5, 0.6) is 0 Å². The van der Waals surface area contributed by atoms with E-state index < -0.39 is 0 Å². The number of aromatic nitrogens is 5. The molecule has 2 aromatic heterocycles. The highest BCUT2D eigenvalue weighted by Gasteiger charge is 2.21. The minimum Gasteiger partial charge on any atom is -0.338 e. The van der Waals surface area contributed by atoms with Crippen molar-refractivity contribution in [2.45, 2.75) is 57.0 Å². The summed E-state index contributed by atoms with van der Waals surface area (Å²) in [6, 6.07) is 8.50. The van der Waals surface area contributed by atoms with Gasteiger partial charge in [0.25, 0.3) is 0 Å². The zero-order valence-electron chi connectivity index (χ0n) is 16.4. The van der Waals surface area contributed by atoms with Crippen LogP contribution in [-0.4, -0.2) is 24.9 Å². The molecule has 1 atom stereocenters. The molecule has 2 heterocycles. The highest BCUT2D eigenvalue weighted by atomic mass is 32.2. The fourth-order valence-corrected chi connectivity index (χ4v) is 3.58. The van der Waals surface area contributed by atoms with E-state index in [0.29, 0.717) is 18.3 Å². The standard InChI is InChI=1S/C20H25N5OS/c1-7-12-25-17(15-8-10-16(11-9-15)20(4,5)6)22-23-19(25)27-13(2)18-21-14(3)24-26-18/h7-11,13H,1,12H2,2-6H3. The number of thioether (sulfide) groups is 1. The molecule has 1 unspecified atom stereocenters. The second-order valence-corrected chi connectivity index (χ2v) is 8.78.